The first kappa shape index (κ1) is 13.8. The van der Waals surface area contributed by atoms with Gasteiger partial charge >= 0.3 is 0 Å². The molecule has 1 N–H and O–H groups in total. The van der Waals surface area contributed by atoms with Gasteiger partial charge in [0.05, 0.1) is 12.0 Å². The topological polar surface area (TPSA) is 39.1 Å². The van der Waals surface area contributed by atoms with Gasteiger partial charge in [0, 0.05) is 12.6 Å². The zero-order valence-electron chi connectivity index (χ0n) is 11.7. The van der Waals surface area contributed by atoms with Gasteiger partial charge in [-0.3, -0.25) is 0 Å². The van der Waals surface area contributed by atoms with E-state index in [1.54, 1.807) is 0 Å². The molecule has 1 aliphatic carbocycles. The lowest BCUT2D eigenvalue weighted by Gasteiger charge is -2.31. The van der Waals surface area contributed by atoms with Crippen LogP contribution >= 0.6 is 0 Å². The maximum atomic E-state index is 9.27. The van der Waals surface area contributed by atoms with Crippen LogP contribution in [0.25, 0.3) is 0 Å². The Balaban J connectivity index is 1.78. The Bertz CT molecular complexity index is 284. The van der Waals surface area contributed by atoms with Crippen molar-refractivity contribution in [1.29, 1.82) is 5.26 Å². The summed E-state index contributed by atoms with van der Waals surface area (Å²) in [4.78, 5) is 2.44. The number of likely N-dealkylation sites (tertiary alicyclic amines) is 1. The third-order valence-corrected chi connectivity index (χ3v) is 4.57. The second kappa shape index (κ2) is 7.11. The molecule has 2 fully saturated rings. The first-order valence-electron chi connectivity index (χ1n) is 7.61. The van der Waals surface area contributed by atoms with Gasteiger partial charge < -0.3 is 10.2 Å². The van der Waals surface area contributed by atoms with E-state index in [-0.39, 0.29) is 5.92 Å². The lowest BCUT2D eigenvalue weighted by molar-refractivity contribution is 0.199. The number of nitriles is 1. The molecule has 1 aliphatic heterocycles. The minimum atomic E-state index is 0.244. The number of rotatable bonds is 3. The molecule has 2 aliphatic rings. The molecule has 0 aromatic rings. The van der Waals surface area contributed by atoms with Gasteiger partial charge in [0.25, 0.3) is 0 Å². The van der Waals surface area contributed by atoms with E-state index in [0.29, 0.717) is 6.04 Å². The summed E-state index contributed by atoms with van der Waals surface area (Å²) in [6.07, 6.45) is 8.81. The van der Waals surface area contributed by atoms with Gasteiger partial charge in [-0.25, -0.2) is 0 Å². The maximum Gasteiger partial charge on any atom is 0.0672 e. The van der Waals surface area contributed by atoms with Gasteiger partial charge in [-0.15, -0.1) is 0 Å². The van der Waals surface area contributed by atoms with Crippen molar-refractivity contribution >= 4 is 0 Å². The van der Waals surface area contributed by atoms with Crippen molar-refractivity contribution in [3.8, 4) is 6.07 Å². The van der Waals surface area contributed by atoms with E-state index in [4.69, 9.17) is 0 Å². The van der Waals surface area contributed by atoms with Gasteiger partial charge in [0.15, 0.2) is 0 Å². The first-order chi connectivity index (χ1) is 8.79. The lowest BCUT2D eigenvalue weighted by Crippen LogP contribution is -2.42. The van der Waals surface area contributed by atoms with Crippen molar-refractivity contribution in [3.05, 3.63) is 0 Å². The van der Waals surface area contributed by atoms with E-state index >= 15 is 0 Å². The molecule has 3 atom stereocenters. The number of nitrogens with one attached hydrogen (secondary N) is 1. The molecule has 3 unspecified atom stereocenters. The predicted octanol–water partition coefficient (Wildman–Crippen LogP) is 2.39. The normalized spacial score (nSPS) is 34.8. The summed E-state index contributed by atoms with van der Waals surface area (Å²) in [6.45, 7) is 3.57. The van der Waals surface area contributed by atoms with Gasteiger partial charge in [-0.05, 0) is 51.7 Å². The molecular formula is C15H27N3. The molecule has 1 saturated carbocycles. The fourth-order valence-corrected chi connectivity index (χ4v) is 3.46. The lowest BCUT2D eigenvalue weighted by atomic mass is 9.94. The van der Waals surface area contributed by atoms with Crippen LogP contribution in [0.2, 0.25) is 0 Å². The molecule has 1 saturated heterocycles. The zero-order chi connectivity index (χ0) is 12.8. The molecule has 3 nitrogen and oxygen atoms in total. The molecule has 0 radical (unpaired) electrons. The predicted molar refractivity (Wildman–Crippen MR) is 74.2 cm³/mol. The number of piperidine rings is 1. The Labute approximate surface area is 112 Å². The van der Waals surface area contributed by atoms with Crippen LogP contribution in [0.15, 0.2) is 0 Å². The summed E-state index contributed by atoms with van der Waals surface area (Å²) in [7, 11) is 2.22. The molecule has 0 aromatic carbocycles. The van der Waals surface area contributed by atoms with Crippen LogP contribution in [0, 0.1) is 23.2 Å². The third-order valence-electron chi connectivity index (χ3n) is 4.57. The number of hydrogen-bond acceptors (Lipinski definition) is 3. The largest absolute Gasteiger partial charge is 0.312 e. The number of nitrogens with zero attached hydrogens (tertiary/aromatic N) is 2. The minimum absolute atomic E-state index is 0.244. The van der Waals surface area contributed by atoms with E-state index in [0.717, 1.165) is 18.9 Å². The van der Waals surface area contributed by atoms with Crippen molar-refractivity contribution in [2.45, 2.75) is 51.0 Å². The van der Waals surface area contributed by atoms with Crippen LogP contribution in [-0.2, 0) is 0 Å². The summed E-state index contributed by atoms with van der Waals surface area (Å²) in [5.41, 5.74) is 0. The molecule has 2 rings (SSSR count). The van der Waals surface area contributed by atoms with Gasteiger partial charge in [-0.1, -0.05) is 19.3 Å². The Morgan fingerprint density at radius 3 is 2.78 bits per heavy atom. The smallest absolute Gasteiger partial charge is 0.0672 e. The van der Waals surface area contributed by atoms with E-state index in [9.17, 15) is 5.26 Å². The highest BCUT2D eigenvalue weighted by molar-refractivity contribution is 4.93. The fraction of sp³-hybridized carbons (Fsp3) is 0.933. The molecule has 0 aromatic heterocycles. The average molecular weight is 249 g/mol. The second-order valence-corrected chi connectivity index (χ2v) is 6.16. The van der Waals surface area contributed by atoms with Crippen molar-refractivity contribution in [1.82, 2.24) is 10.2 Å². The Hall–Kier alpha value is -0.590. The van der Waals surface area contributed by atoms with Gasteiger partial charge in [-0.2, -0.15) is 5.26 Å². The van der Waals surface area contributed by atoms with E-state index in [2.05, 4.69) is 23.3 Å². The van der Waals surface area contributed by atoms with Crippen molar-refractivity contribution in [2.24, 2.45) is 11.8 Å². The molecule has 0 amide bonds. The summed E-state index contributed by atoms with van der Waals surface area (Å²) in [5, 5.41) is 13.0. The monoisotopic (exact) mass is 249 g/mol. The zero-order valence-corrected chi connectivity index (χ0v) is 11.7. The minimum Gasteiger partial charge on any atom is -0.312 e. The summed E-state index contributed by atoms with van der Waals surface area (Å²) >= 11 is 0. The van der Waals surface area contributed by atoms with Crippen LogP contribution in [0.3, 0.4) is 0 Å². The van der Waals surface area contributed by atoms with Crippen molar-refractivity contribution in [2.75, 3.05) is 26.7 Å². The van der Waals surface area contributed by atoms with Crippen LogP contribution in [0.1, 0.15) is 44.9 Å². The van der Waals surface area contributed by atoms with E-state index in [1.165, 1.54) is 51.6 Å². The first-order valence-corrected chi connectivity index (χ1v) is 7.61. The molecular weight excluding hydrogens is 222 g/mol. The van der Waals surface area contributed by atoms with Crippen molar-refractivity contribution in [3.63, 3.8) is 0 Å². The molecule has 1 heterocycles. The van der Waals surface area contributed by atoms with Gasteiger partial charge in [0.2, 0.25) is 0 Å². The highest BCUT2D eigenvalue weighted by Gasteiger charge is 2.24. The highest BCUT2D eigenvalue weighted by Crippen LogP contribution is 2.23. The third kappa shape index (κ3) is 3.96. The Morgan fingerprint density at radius 2 is 2.00 bits per heavy atom. The summed E-state index contributed by atoms with van der Waals surface area (Å²) in [5.74, 6) is 1.03. The summed E-state index contributed by atoms with van der Waals surface area (Å²) < 4.78 is 0. The SMILES string of the molecule is CN1CCCC(CNC2CCCCCC2C#N)C1. The fourth-order valence-electron chi connectivity index (χ4n) is 3.46. The van der Waals surface area contributed by atoms with Crippen LogP contribution in [0.4, 0.5) is 0 Å². The molecule has 3 heteroatoms. The molecule has 102 valence electrons. The molecule has 0 bridgehead atoms. The highest BCUT2D eigenvalue weighted by atomic mass is 15.1. The maximum absolute atomic E-state index is 9.27. The Morgan fingerprint density at radius 1 is 1.17 bits per heavy atom. The van der Waals surface area contributed by atoms with Crippen molar-refractivity contribution < 1.29 is 0 Å². The Kier molecular flexibility index (Phi) is 5.46. The van der Waals surface area contributed by atoms with Crippen LogP contribution in [0.5, 0.6) is 0 Å². The number of hydrogen-bond donors (Lipinski definition) is 1. The summed E-state index contributed by atoms with van der Waals surface area (Å²) in [6, 6.07) is 2.97. The van der Waals surface area contributed by atoms with Gasteiger partial charge in [0.1, 0.15) is 0 Å². The van der Waals surface area contributed by atoms with Crippen LogP contribution in [-0.4, -0.2) is 37.6 Å². The van der Waals surface area contributed by atoms with Crippen LogP contribution < -0.4 is 5.32 Å². The quantitative estimate of drug-likeness (QED) is 0.781. The molecule has 18 heavy (non-hydrogen) atoms. The standard InChI is InChI=1S/C15H27N3/c1-18-9-5-6-13(12-18)11-17-15-8-4-2-3-7-14(15)10-16/h13-15,17H,2-9,11-12H2,1H3. The second-order valence-electron chi connectivity index (χ2n) is 6.16. The van der Waals surface area contributed by atoms with E-state index < -0.39 is 0 Å². The average Bonchev–Trinajstić information content (AvgIpc) is 2.61. The molecule has 0 spiro atoms. The van der Waals surface area contributed by atoms with E-state index in [1.807, 2.05) is 0 Å².